The average Bonchev–Trinajstić information content (AvgIpc) is 3.35. The molecule has 5 rings (SSSR count). The third-order valence-electron chi connectivity index (χ3n) is 7.17. The number of benzene rings is 2. The van der Waals surface area contributed by atoms with Gasteiger partial charge in [-0.15, -0.1) is 10.2 Å². The van der Waals surface area contributed by atoms with Crippen LogP contribution in [0.1, 0.15) is 59.7 Å². The van der Waals surface area contributed by atoms with Gasteiger partial charge in [0, 0.05) is 23.3 Å². The average molecular weight is 556 g/mol. The zero-order valence-corrected chi connectivity index (χ0v) is 23.9. The summed E-state index contributed by atoms with van der Waals surface area (Å²) in [4.78, 5) is 28.1. The first-order valence-corrected chi connectivity index (χ1v) is 14.5. The lowest BCUT2D eigenvalue weighted by atomic mass is 9.68. The van der Waals surface area contributed by atoms with Crippen molar-refractivity contribution in [1.82, 2.24) is 10.2 Å². The fourth-order valence-corrected chi connectivity index (χ4v) is 7.03. The molecule has 2 aliphatic rings. The number of carbonyl (C=O) groups excluding carboxylic acids is 2. The monoisotopic (exact) mass is 555 g/mol. The lowest BCUT2D eigenvalue weighted by Crippen LogP contribution is -2.42. The first-order chi connectivity index (χ1) is 18.6. The molecule has 39 heavy (non-hydrogen) atoms. The number of anilines is 1. The van der Waals surface area contributed by atoms with Gasteiger partial charge in [-0.05, 0) is 36.8 Å². The molecule has 1 aliphatic carbocycles. The van der Waals surface area contributed by atoms with Gasteiger partial charge >= 0.3 is 0 Å². The molecule has 1 unspecified atom stereocenters. The van der Waals surface area contributed by atoms with Crippen molar-refractivity contribution in [3.8, 4) is 6.07 Å². The highest BCUT2D eigenvalue weighted by molar-refractivity contribution is 8.01. The van der Waals surface area contributed by atoms with E-state index in [9.17, 15) is 14.9 Å². The predicted octanol–water partition coefficient (Wildman–Crippen LogP) is 6.07. The Balaban J connectivity index is 1.52. The highest BCUT2D eigenvalue weighted by Gasteiger charge is 2.45. The van der Waals surface area contributed by atoms with E-state index in [1.807, 2.05) is 62.4 Å². The van der Waals surface area contributed by atoms with Crippen molar-refractivity contribution >= 4 is 39.8 Å². The maximum Gasteiger partial charge on any atom is 0.219 e. The number of aromatic nitrogens is 2. The highest BCUT2D eigenvalue weighted by Crippen LogP contribution is 2.51. The number of thioether (sulfide) groups is 1. The molecule has 3 aromatic rings. The molecule has 0 saturated carbocycles. The number of carbonyl (C=O) groups is 2. The van der Waals surface area contributed by atoms with Crippen molar-refractivity contribution in [2.24, 2.45) is 11.1 Å². The van der Waals surface area contributed by atoms with Gasteiger partial charge in [0.1, 0.15) is 5.82 Å². The van der Waals surface area contributed by atoms with Gasteiger partial charge in [-0.25, -0.2) is 0 Å². The van der Waals surface area contributed by atoms with E-state index in [0.29, 0.717) is 39.0 Å². The van der Waals surface area contributed by atoms with Crippen molar-refractivity contribution < 1.29 is 9.59 Å². The van der Waals surface area contributed by atoms with E-state index < -0.39 is 5.92 Å². The Bertz CT molecular complexity index is 1580. The van der Waals surface area contributed by atoms with E-state index in [2.05, 4.69) is 30.1 Å². The summed E-state index contributed by atoms with van der Waals surface area (Å²) in [6.45, 7) is 8.09. The Kier molecular flexibility index (Phi) is 7.19. The molecular formula is C30H29N5O2S2. The van der Waals surface area contributed by atoms with Crippen LogP contribution >= 0.6 is 23.1 Å². The summed E-state index contributed by atoms with van der Waals surface area (Å²) in [5, 5.41) is 19.5. The van der Waals surface area contributed by atoms with Crippen LogP contribution in [0.4, 0.5) is 5.13 Å². The summed E-state index contributed by atoms with van der Waals surface area (Å²) in [7, 11) is 0. The number of nitriles is 1. The van der Waals surface area contributed by atoms with Crippen LogP contribution < -0.4 is 10.6 Å². The first kappa shape index (κ1) is 26.9. The van der Waals surface area contributed by atoms with Crippen molar-refractivity contribution in [2.45, 2.75) is 50.8 Å². The van der Waals surface area contributed by atoms with E-state index in [-0.39, 0.29) is 28.6 Å². The maximum atomic E-state index is 13.7. The van der Waals surface area contributed by atoms with Crippen LogP contribution in [-0.4, -0.2) is 27.5 Å². The lowest BCUT2D eigenvalue weighted by Gasteiger charge is -2.42. The first-order valence-electron chi connectivity index (χ1n) is 12.7. The minimum absolute atomic E-state index is 0.00610. The van der Waals surface area contributed by atoms with Crippen molar-refractivity contribution in [3.05, 3.63) is 93.4 Å². The van der Waals surface area contributed by atoms with Crippen LogP contribution in [-0.2, 0) is 4.79 Å². The number of nitrogens with zero attached hydrogens (tertiary/aromatic N) is 4. The minimum Gasteiger partial charge on any atom is -0.384 e. The number of nitrogens with two attached hydrogens (primary N) is 1. The molecule has 7 nitrogen and oxygen atoms in total. The Hall–Kier alpha value is -3.74. The summed E-state index contributed by atoms with van der Waals surface area (Å²) >= 11 is 2.61. The predicted molar refractivity (Wildman–Crippen MR) is 154 cm³/mol. The molecule has 2 heterocycles. The summed E-state index contributed by atoms with van der Waals surface area (Å²) in [5.41, 5.74) is 11.8. The standard InChI is InChI=1S/C30H29N5O2S2/c1-17-9-11-19(12-10-17)24(37)16-38-29-34-33-28(39-29)35-22-13-30(3,4)14-23(36)26(22)25(21(15-31)27(35)32)20-8-6-5-7-18(20)2/h5-12,25H,13-14,16,32H2,1-4H3. The molecule has 0 saturated heterocycles. The maximum absolute atomic E-state index is 13.7. The Morgan fingerprint density at radius 1 is 1.15 bits per heavy atom. The smallest absolute Gasteiger partial charge is 0.219 e. The van der Waals surface area contributed by atoms with Gasteiger partial charge in [-0.1, -0.05) is 91.0 Å². The van der Waals surface area contributed by atoms with E-state index in [1.165, 1.54) is 23.1 Å². The fraction of sp³-hybridized carbons (Fsp3) is 0.300. The number of ketones is 2. The molecular weight excluding hydrogens is 526 g/mol. The minimum atomic E-state index is -0.528. The third-order valence-corrected chi connectivity index (χ3v) is 9.21. The Morgan fingerprint density at radius 2 is 1.87 bits per heavy atom. The summed E-state index contributed by atoms with van der Waals surface area (Å²) < 4.78 is 0.612. The quantitative estimate of drug-likeness (QED) is 0.288. The summed E-state index contributed by atoms with van der Waals surface area (Å²) in [6.07, 6.45) is 0.989. The van der Waals surface area contributed by atoms with E-state index in [0.717, 1.165) is 22.4 Å². The second-order valence-corrected chi connectivity index (χ2v) is 12.9. The SMILES string of the molecule is Cc1ccc(C(=O)CSc2nnc(N3C(N)=C(C#N)C(c4ccccc4C)C4=C3CC(C)(C)CC4=O)s2)cc1. The molecule has 1 atom stereocenters. The van der Waals surface area contributed by atoms with Crippen LogP contribution in [0.2, 0.25) is 0 Å². The topological polar surface area (TPSA) is 113 Å². The number of rotatable bonds is 6. The highest BCUT2D eigenvalue weighted by atomic mass is 32.2. The zero-order chi connectivity index (χ0) is 27.9. The zero-order valence-electron chi connectivity index (χ0n) is 22.3. The Morgan fingerprint density at radius 3 is 2.56 bits per heavy atom. The van der Waals surface area contributed by atoms with Crippen LogP contribution in [0.5, 0.6) is 0 Å². The number of allylic oxidation sites excluding steroid dienone is 3. The van der Waals surface area contributed by atoms with Crippen LogP contribution in [0.15, 0.2) is 75.5 Å². The largest absolute Gasteiger partial charge is 0.384 e. The van der Waals surface area contributed by atoms with Crippen LogP contribution in [0.25, 0.3) is 0 Å². The van der Waals surface area contributed by atoms with Crippen molar-refractivity contribution in [1.29, 1.82) is 5.26 Å². The molecule has 0 radical (unpaired) electrons. The molecule has 1 aliphatic heterocycles. The molecule has 0 amide bonds. The van der Waals surface area contributed by atoms with E-state index in [4.69, 9.17) is 5.73 Å². The van der Waals surface area contributed by atoms with Gasteiger partial charge in [-0.3, -0.25) is 14.5 Å². The van der Waals surface area contributed by atoms with Crippen LogP contribution in [0, 0.1) is 30.6 Å². The van der Waals surface area contributed by atoms with Gasteiger partial charge in [0.15, 0.2) is 15.9 Å². The third kappa shape index (κ3) is 5.14. The second kappa shape index (κ2) is 10.4. The number of aryl methyl sites for hydroxylation is 2. The second-order valence-electron chi connectivity index (χ2n) is 10.8. The summed E-state index contributed by atoms with van der Waals surface area (Å²) in [6, 6.07) is 17.6. The Labute approximate surface area is 236 Å². The van der Waals surface area contributed by atoms with Gasteiger partial charge in [0.25, 0.3) is 0 Å². The van der Waals surface area contributed by atoms with E-state index >= 15 is 0 Å². The molecule has 2 aromatic carbocycles. The van der Waals surface area contributed by atoms with E-state index in [1.54, 1.807) is 4.90 Å². The van der Waals surface area contributed by atoms with Crippen molar-refractivity contribution in [2.75, 3.05) is 10.7 Å². The molecule has 9 heteroatoms. The number of hydrogen-bond acceptors (Lipinski definition) is 9. The summed E-state index contributed by atoms with van der Waals surface area (Å²) in [5.74, 6) is -0.0195. The lowest BCUT2D eigenvalue weighted by molar-refractivity contribution is -0.118. The molecule has 0 spiro atoms. The van der Waals surface area contributed by atoms with Gasteiger partial charge < -0.3 is 5.73 Å². The van der Waals surface area contributed by atoms with Gasteiger partial charge in [0.2, 0.25) is 5.13 Å². The molecule has 1 aromatic heterocycles. The molecule has 0 bridgehead atoms. The van der Waals surface area contributed by atoms with Gasteiger partial charge in [-0.2, -0.15) is 5.26 Å². The van der Waals surface area contributed by atoms with Crippen molar-refractivity contribution in [3.63, 3.8) is 0 Å². The fourth-order valence-electron chi connectivity index (χ4n) is 5.25. The molecule has 2 N–H and O–H groups in total. The molecule has 198 valence electrons. The normalized spacial score (nSPS) is 18.7. The molecule has 0 fully saturated rings. The number of hydrogen-bond donors (Lipinski definition) is 1. The number of Topliss-reactive ketones (excluding diaryl/α,β-unsaturated/α-hetero) is 2. The van der Waals surface area contributed by atoms with Gasteiger partial charge in [0.05, 0.1) is 23.3 Å². The van der Waals surface area contributed by atoms with Crippen LogP contribution in [0.3, 0.4) is 0 Å².